The summed E-state index contributed by atoms with van der Waals surface area (Å²) in [6, 6.07) is 0.550. The molecule has 0 saturated carbocycles. The van der Waals surface area contributed by atoms with Crippen molar-refractivity contribution < 1.29 is 0 Å². The third-order valence-corrected chi connectivity index (χ3v) is 3.80. The van der Waals surface area contributed by atoms with Crippen LogP contribution in [-0.4, -0.2) is 24.5 Å². The van der Waals surface area contributed by atoms with E-state index in [2.05, 4.69) is 72.2 Å². The summed E-state index contributed by atoms with van der Waals surface area (Å²) in [4.78, 5) is 2.43. The molecule has 1 heteroatoms. The van der Waals surface area contributed by atoms with Crippen LogP contribution in [0.1, 0.15) is 48.0 Å². The van der Waals surface area contributed by atoms with E-state index in [4.69, 9.17) is 0 Å². The maximum absolute atomic E-state index is 3.79. The number of likely N-dealkylation sites (N-methyl/N-ethyl adjacent to an activating group) is 1. The Hall–Kier alpha value is -0.820. The Kier molecular flexibility index (Phi) is 7.23. The van der Waals surface area contributed by atoms with Crippen molar-refractivity contribution in [1.29, 1.82) is 0 Å². The minimum atomic E-state index is 0.308. The third-order valence-electron chi connectivity index (χ3n) is 3.80. The van der Waals surface area contributed by atoms with Crippen molar-refractivity contribution in [2.45, 2.75) is 54.0 Å². The van der Waals surface area contributed by atoms with Gasteiger partial charge in [-0.25, -0.2) is 0 Å². The molecule has 0 aromatic carbocycles. The Morgan fingerprint density at radius 1 is 1.33 bits per heavy atom. The van der Waals surface area contributed by atoms with Crippen molar-refractivity contribution in [1.82, 2.24) is 4.90 Å². The second kappa shape index (κ2) is 7.58. The monoisotopic (exact) mass is 249 g/mol. The molecule has 0 aliphatic rings. The zero-order valence-electron chi connectivity index (χ0n) is 13.4. The topological polar surface area (TPSA) is 3.24 Å². The number of hydrogen-bond donors (Lipinski definition) is 0. The molecule has 0 aromatic heterocycles. The van der Waals surface area contributed by atoms with Gasteiger partial charge in [0.2, 0.25) is 0 Å². The van der Waals surface area contributed by atoms with Crippen LogP contribution in [0.15, 0.2) is 36.0 Å². The van der Waals surface area contributed by atoms with Crippen LogP contribution in [0.25, 0.3) is 0 Å². The van der Waals surface area contributed by atoms with Gasteiger partial charge in [0.1, 0.15) is 0 Å². The van der Waals surface area contributed by atoms with Gasteiger partial charge in [0.05, 0.1) is 0 Å². The van der Waals surface area contributed by atoms with Gasteiger partial charge in [-0.05, 0) is 45.2 Å². The predicted octanol–water partition coefficient (Wildman–Crippen LogP) is 4.82. The molecule has 0 fully saturated rings. The summed E-state index contributed by atoms with van der Waals surface area (Å²) < 4.78 is 0. The summed E-state index contributed by atoms with van der Waals surface area (Å²) in [5.74, 6) is 0. The second-order valence-electron chi connectivity index (χ2n) is 6.18. The fourth-order valence-electron chi connectivity index (χ4n) is 1.83. The van der Waals surface area contributed by atoms with Crippen LogP contribution >= 0.6 is 0 Å². The molecule has 0 N–H and O–H groups in total. The molecule has 0 bridgehead atoms. The highest BCUT2D eigenvalue weighted by atomic mass is 15.1. The lowest BCUT2D eigenvalue weighted by atomic mass is 9.87. The molecule has 0 aliphatic heterocycles. The van der Waals surface area contributed by atoms with Crippen molar-refractivity contribution in [2.24, 2.45) is 5.41 Å². The molecule has 104 valence electrons. The number of hydrogen-bond acceptors (Lipinski definition) is 1. The Labute approximate surface area is 114 Å². The molecule has 0 aromatic rings. The van der Waals surface area contributed by atoms with Crippen LogP contribution in [0.4, 0.5) is 0 Å². The molecular weight excluding hydrogens is 218 g/mol. The third kappa shape index (κ3) is 5.68. The lowest BCUT2D eigenvalue weighted by Crippen LogP contribution is -2.40. The highest BCUT2D eigenvalue weighted by Gasteiger charge is 2.24. The van der Waals surface area contributed by atoms with Gasteiger partial charge in [-0.15, -0.1) is 6.58 Å². The highest BCUT2D eigenvalue weighted by Crippen LogP contribution is 2.24. The van der Waals surface area contributed by atoms with Crippen LogP contribution < -0.4 is 0 Å². The van der Waals surface area contributed by atoms with Gasteiger partial charge in [-0.3, -0.25) is 4.90 Å². The van der Waals surface area contributed by atoms with Crippen molar-refractivity contribution in [3.63, 3.8) is 0 Å². The summed E-state index contributed by atoms with van der Waals surface area (Å²) in [6.45, 7) is 18.3. The number of nitrogens with zero attached hydrogens (tertiary/aromatic N) is 1. The van der Waals surface area contributed by atoms with Crippen LogP contribution in [0.5, 0.6) is 0 Å². The Balaban J connectivity index is 4.84. The lowest BCUT2D eigenvalue weighted by molar-refractivity contribution is 0.152. The van der Waals surface area contributed by atoms with Crippen LogP contribution in [0.2, 0.25) is 0 Å². The first-order valence-electron chi connectivity index (χ1n) is 6.87. The minimum absolute atomic E-state index is 0.308. The van der Waals surface area contributed by atoms with Crippen molar-refractivity contribution in [2.75, 3.05) is 13.6 Å². The molecule has 18 heavy (non-hydrogen) atoms. The Morgan fingerprint density at radius 2 is 1.89 bits per heavy atom. The zero-order chi connectivity index (χ0) is 14.3. The molecule has 0 spiro atoms. The van der Waals surface area contributed by atoms with Crippen molar-refractivity contribution >= 4 is 0 Å². The maximum Gasteiger partial charge on any atom is 0.0233 e. The predicted molar refractivity (Wildman–Crippen MR) is 83.9 cm³/mol. The van der Waals surface area contributed by atoms with Gasteiger partial charge >= 0.3 is 0 Å². The zero-order valence-corrected chi connectivity index (χ0v) is 13.4. The van der Waals surface area contributed by atoms with E-state index in [1.54, 1.807) is 0 Å². The second-order valence-corrected chi connectivity index (χ2v) is 6.18. The van der Waals surface area contributed by atoms with Gasteiger partial charge in [-0.2, -0.15) is 0 Å². The minimum Gasteiger partial charge on any atom is -0.299 e. The lowest BCUT2D eigenvalue weighted by Gasteiger charge is -2.36. The summed E-state index contributed by atoms with van der Waals surface area (Å²) in [5, 5.41) is 0. The van der Waals surface area contributed by atoms with Gasteiger partial charge < -0.3 is 0 Å². The van der Waals surface area contributed by atoms with Crippen LogP contribution in [0, 0.1) is 5.41 Å². The van der Waals surface area contributed by atoms with Gasteiger partial charge in [-0.1, -0.05) is 44.6 Å². The first-order valence-corrected chi connectivity index (χ1v) is 6.87. The normalized spacial score (nSPS) is 16.0. The van der Waals surface area contributed by atoms with E-state index >= 15 is 0 Å². The number of allylic oxidation sites excluding steroid dienone is 3. The molecule has 0 saturated heterocycles. The molecule has 1 atom stereocenters. The van der Waals surface area contributed by atoms with Crippen molar-refractivity contribution in [3.8, 4) is 0 Å². The quantitative estimate of drug-likeness (QED) is 0.482. The number of rotatable bonds is 6. The summed E-state index contributed by atoms with van der Waals surface area (Å²) in [7, 11) is 2.21. The first kappa shape index (κ1) is 17.2. The van der Waals surface area contributed by atoms with E-state index < -0.39 is 0 Å². The van der Waals surface area contributed by atoms with Crippen LogP contribution in [0.3, 0.4) is 0 Å². The average Bonchev–Trinajstić information content (AvgIpc) is 2.30. The van der Waals surface area contributed by atoms with E-state index in [9.17, 15) is 0 Å². The van der Waals surface area contributed by atoms with Crippen LogP contribution in [-0.2, 0) is 0 Å². The molecule has 1 nitrogen and oxygen atoms in total. The van der Waals surface area contributed by atoms with E-state index in [0.717, 1.165) is 13.0 Å². The molecule has 0 aliphatic carbocycles. The van der Waals surface area contributed by atoms with Gasteiger partial charge in [0.15, 0.2) is 0 Å². The summed E-state index contributed by atoms with van der Waals surface area (Å²) in [5.41, 5.74) is 3.09. The van der Waals surface area contributed by atoms with Crippen molar-refractivity contribution in [3.05, 3.63) is 36.0 Å². The SMILES string of the molecule is C=CC/C=C(CN(C)C(C)C(C)(C)C)/C(C)=C/C. The van der Waals surface area contributed by atoms with E-state index in [-0.39, 0.29) is 0 Å². The van der Waals surface area contributed by atoms with E-state index in [0.29, 0.717) is 11.5 Å². The summed E-state index contributed by atoms with van der Waals surface area (Å²) >= 11 is 0. The fourth-order valence-corrected chi connectivity index (χ4v) is 1.83. The largest absolute Gasteiger partial charge is 0.299 e. The van der Waals surface area contributed by atoms with Gasteiger partial charge in [0.25, 0.3) is 0 Å². The molecule has 0 heterocycles. The van der Waals surface area contributed by atoms with E-state index in [1.807, 2.05) is 6.08 Å². The Morgan fingerprint density at radius 3 is 2.28 bits per heavy atom. The average molecular weight is 249 g/mol. The molecule has 0 amide bonds. The fraction of sp³-hybridized carbons (Fsp3) is 0.647. The Bertz CT molecular complexity index is 315. The summed E-state index contributed by atoms with van der Waals surface area (Å²) in [6.07, 6.45) is 7.37. The molecule has 0 rings (SSSR count). The smallest absolute Gasteiger partial charge is 0.0233 e. The standard InChI is InChI=1S/C17H31N/c1-9-11-12-16(14(3)10-2)13-18(8)15(4)17(5,6)7/h9-10,12,15H,1,11,13H2,2-8H3/b14-10+,16-12+. The van der Waals surface area contributed by atoms with E-state index in [1.165, 1.54) is 11.1 Å². The highest BCUT2D eigenvalue weighted by molar-refractivity contribution is 5.30. The molecule has 1 unspecified atom stereocenters. The molecule has 0 radical (unpaired) electrons. The first-order chi connectivity index (χ1) is 8.23. The molecular formula is C17H31N. The maximum atomic E-state index is 3.79. The van der Waals surface area contributed by atoms with Gasteiger partial charge in [0, 0.05) is 12.6 Å².